The molecule has 17 heavy (non-hydrogen) atoms. The Bertz CT molecular complexity index is 508. The Morgan fingerprint density at radius 3 is 2.88 bits per heavy atom. The summed E-state index contributed by atoms with van der Waals surface area (Å²) in [5.41, 5.74) is 4.87. The highest BCUT2D eigenvalue weighted by atomic mass is 16.5. The van der Waals surface area contributed by atoms with Gasteiger partial charge in [0, 0.05) is 0 Å². The first kappa shape index (κ1) is 10.5. The zero-order valence-corrected chi connectivity index (χ0v) is 9.86. The van der Waals surface area contributed by atoms with Crippen LogP contribution in [0.4, 0.5) is 0 Å². The van der Waals surface area contributed by atoms with Crippen LogP contribution in [-0.4, -0.2) is 6.61 Å². The van der Waals surface area contributed by atoms with Crippen molar-refractivity contribution in [1.82, 2.24) is 0 Å². The third-order valence-electron chi connectivity index (χ3n) is 3.37. The first-order valence-corrected chi connectivity index (χ1v) is 6.11. The van der Waals surface area contributed by atoms with Gasteiger partial charge in [0.15, 0.2) is 0 Å². The highest BCUT2D eigenvalue weighted by molar-refractivity contribution is 5.69. The second-order valence-corrected chi connectivity index (χ2v) is 4.57. The number of allylic oxidation sites excluding steroid dienone is 2. The van der Waals surface area contributed by atoms with Gasteiger partial charge in [-0.3, -0.25) is 0 Å². The van der Waals surface area contributed by atoms with E-state index in [1.54, 1.807) is 0 Å². The van der Waals surface area contributed by atoms with E-state index >= 15 is 0 Å². The van der Waals surface area contributed by atoms with Gasteiger partial charge in [0.25, 0.3) is 0 Å². The molecule has 86 valence electrons. The molecule has 0 saturated carbocycles. The van der Waals surface area contributed by atoms with E-state index in [-0.39, 0.29) is 6.10 Å². The summed E-state index contributed by atoms with van der Waals surface area (Å²) in [6.45, 7) is 4.70. The molecule has 1 aromatic rings. The summed E-state index contributed by atoms with van der Waals surface area (Å²) in [7, 11) is 0. The molecular formula is C16H16O. The molecule has 1 heteroatoms. The minimum Gasteiger partial charge on any atom is -0.364 e. The molecule has 1 aromatic carbocycles. The fourth-order valence-corrected chi connectivity index (χ4v) is 2.50. The van der Waals surface area contributed by atoms with Gasteiger partial charge >= 0.3 is 0 Å². The summed E-state index contributed by atoms with van der Waals surface area (Å²) in [6.07, 6.45) is 9.06. The lowest BCUT2D eigenvalue weighted by Crippen LogP contribution is -2.16. The average molecular weight is 224 g/mol. The van der Waals surface area contributed by atoms with E-state index in [0.29, 0.717) is 6.61 Å². The lowest BCUT2D eigenvalue weighted by Gasteiger charge is -2.29. The molecule has 3 rings (SSSR count). The van der Waals surface area contributed by atoms with Gasteiger partial charge in [0.05, 0.1) is 6.61 Å². The van der Waals surface area contributed by atoms with Gasteiger partial charge in [-0.15, -0.1) is 0 Å². The Hall–Kier alpha value is -1.60. The minimum atomic E-state index is 0.0910. The first-order chi connectivity index (χ1) is 8.36. The predicted octanol–water partition coefficient (Wildman–Crippen LogP) is 4.05. The van der Waals surface area contributed by atoms with Crippen molar-refractivity contribution in [2.45, 2.75) is 18.9 Å². The monoisotopic (exact) mass is 224 g/mol. The van der Waals surface area contributed by atoms with Crippen molar-refractivity contribution in [2.75, 3.05) is 6.61 Å². The van der Waals surface area contributed by atoms with Crippen molar-refractivity contribution < 1.29 is 4.74 Å². The van der Waals surface area contributed by atoms with Crippen LogP contribution in [0.2, 0.25) is 0 Å². The lowest BCUT2D eigenvalue weighted by molar-refractivity contribution is 0.101. The average Bonchev–Trinajstić information content (AvgIpc) is 2.41. The maximum absolute atomic E-state index is 5.94. The molecule has 0 fully saturated rings. The van der Waals surface area contributed by atoms with Gasteiger partial charge in [-0.2, -0.15) is 0 Å². The summed E-state index contributed by atoms with van der Waals surface area (Å²) < 4.78 is 5.94. The fraction of sp³-hybridized carbons (Fsp3) is 0.250. The van der Waals surface area contributed by atoms with Crippen molar-refractivity contribution in [3.05, 3.63) is 65.8 Å². The van der Waals surface area contributed by atoms with Crippen LogP contribution in [-0.2, 0) is 4.74 Å². The maximum Gasteiger partial charge on any atom is 0.108 e. The summed E-state index contributed by atoms with van der Waals surface area (Å²) >= 11 is 0. The number of hydrogen-bond acceptors (Lipinski definition) is 1. The quantitative estimate of drug-likeness (QED) is 0.699. The van der Waals surface area contributed by atoms with E-state index in [1.165, 1.54) is 16.7 Å². The Balaban J connectivity index is 2.03. The Kier molecular flexibility index (Phi) is 2.69. The highest BCUT2D eigenvalue weighted by Gasteiger charge is 2.24. The highest BCUT2D eigenvalue weighted by Crippen LogP contribution is 2.38. The number of fused-ring (bicyclic) bond motifs is 1. The van der Waals surface area contributed by atoms with Crippen molar-refractivity contribution in [1.29, 1.82) is 0 Å². The molecule has 0 N–H and O–H groups in total. The molecule has 0 radical (unpaired) electrons. The molecule has 0 spiro atoms. The number of benzene rings is 1. The largest absolute Gasteiger partial charge is 0.364 e. The second kappa shape index (κ2) is 4.34. The molecule has 1 unspecified atom stereocenters. The minimum absolute atomic E-state index is 0.0910. The molecule has 0 bridgehead atoms. The van der Waals surface area contributed by atoms with Gasteiger partial charge in [-0.05, 0) is 35.1 Å². The van der Waals surface area contributed by atoms with Crippen LogP contribution < -0.4 is 0 Å². The van der Waals surface area contributed by atoms with Crippen molar-refractivity contribution in [3.8, 4) is 0 Å². The van der Waals surface area contributed by atoms with Crippen molar-refractivity contribution >= 4 is 5.57 Å². The van der Waals surface area contributed by atoms with Crippen LogP contribution in [0.25, 0.3) is 5.57 Å². The van der Waals surface area contributed by atoms with Crippen molar-refractivity contribution in [2.24, 2.45) is 0 Å². The normalized spacial score (nSPS) is 23.2. The Labute approximate surface area is 102 Å². The predicted molar refractivity (Wildman–Crippen MR) is 70.6 cm³/mol. The zero-order chi connectivity index (χ0) is 11.7. The summed E-state index contributed by atoms with van der Waals surface area (Å²) in [6, 6.07) is 8.42. The SMILES string of the molecule is C=C1COC(C2=CCCC=C2)c2ccccc21. The maximum atomic E-state index is 5.94. The smallest absolute Gasteiger partial charge is 0.108 e. The van der Waals surface area contributed by atoms with E-state index in [4.69, 9.17) is 4.74 Å². The van der Waals surface area contributed by atoms with E-state index in [9.17, 15) is 0 Å². The van der Waals surface area contributed by atoms with E-state index in [2.05, 4.69) is 49.1 Å². The second-order valence-electron chi connectivity index (χ2n) is 4.57. The van der Waals surface area contributed by atoms with Gasteiger partial charge in [-0.1, -0.05) is 49.1 Å². The number of rotatable bonds is 1. The molecular weight excluding hydrogens is 208 g/mol. The number of hydrogen-bond donors (Lipinski definition) is 0. The molecule has 0 aromatic heterocycles. The van der Waals surface area contributed by atoms with Crippen LogP contribution in [0.15, 0.2) is 54.6 Å². The molecule has 1 aliphatic carbocycles. The van der Waals surface area contributed by atoms with Crippen LogP contribution in [0, 0.1) is 0 Å². The Morgan fingerprint density at radius 1 is 1.18 bits per heavy atom. The van der Waals surface area contributed by atoms with Crippen LogP contribution in [0.1, 0.15) is 30.1 Å². The third kappa shape index (κ3) is 1.87. The van der Waals surface area contributed by atoms with Crippen LogP contribution in [0.3, 0.4) is 0 Å². The first-order valence-electron chi connectivity index (χ1n) is 6.11. The van der Waals surface area contributed by atoms with Gasteiger partial charge in [0.2, 0.25) is 0 Å². The van der Waals surface area contributed by atoms with Crippen molar-refractivity contribution in [3.63, 3.8) is 0 Å². The molecule has 1 atom stereocenters. The zero-order valence-electron chi connectivity index (χ0n) is 9.86. The molecule has 2 aliphatic rings. The lowest BCUT2D eigenvalue weighted by atomic mass is 9.89. The third-order valence-corrected chi connectivity index (χ3v) is 3.37. The molecule has 1 nitrogen and oxygen atoms in total. The fourth-order valence-electron chi connectivity index (χ4n) is 2.50. The van der Waals surface area contributed by atoms with Gasteiger partial charge < -0.3 is 4.74 Å². The van der Waals surface area contributed by atoms with E-state index < -0.39 is 0 Å². The molecule has 1 aliphatic heterocycles. The molecule has 0 saturated heterocycles. The summed E-state index contributed by atoms with van der Waals surface area (Å²) in [5, 5.41) is 0. The Morgan fingerprint density at radius 2 is 2.06 bits per heavy atom. The van der Waals surface area contributed by atoms with E-state index in [0.717, 1.165) is 18.4 Å². The molecule has 1 heterocycles. The van der Waals surface area contributed by atoms with Gasteiger partial charge in [-0.25, -0.2) is 0 Å². The summed E-state index contributed by atoms with van der Waals surface area (Å²) in [5.74, 6) is 0. The van der Waals surface area contributed by atoms with Crippen LogP contribution in [0.5, 0.6) is 0 Å². The number of ether oxygens (including phenoxy) is 1. The van der Waals surface area contributed by atoms with Crippen LogP contribution >= 0.6 is 0 Å². The summed E-state index contributed by atoms with van der Waals surface area (Å²) in [4.78, 5) is 0. The van der Waals surface area contributed by atoms with E-state index in [1.807, 2.05) is 0 Å². The topological polar surface area (TPSA) is 9.23 Å². The van der Waals surface area contributed by atoms with Gasteiger partial charge in [0.1, 0.15) is 6.10 Å². The standard InChI is InChI=1S/C16H16O/c1-12-11-17-16(13-7-3-2-4-8-13)15-10-6-5-9-14(12)15/h3,5-10,16H,1-2,4,11H2. The molecule has 0 amide bonds.